The van der Waals surface area contributed by atoms with Gasteiger partial charge in [0.2, 0.25) is 0 Å². The van der Waals surface area contributed by atoms with E-state index in [1.165, 1.54) is 0 Å². The molecule has 0 spiro atoms. The van der Waals surface area contributed by atoms with Gasteiger partial charge in [-0.3, -0.25) is 4.40 Å². The van der Waals surface area contributed by atoms with Gasteiger partial charge in [-0.05, 0) is 48.5 Å². The van der Waals surface area contributed by atoms with E-state index in [-0.39, 0.29) is 0 Å². The van der Waals surface area contributed by atoms with E-state index in [0.29, 0.717) is 5.02 Å². The Morgan fingerprint density at radius 3 is 2.29 bits per heavy atom. The van der Waals surface area contributed by atoms with E-state index < -0.39 is 0 Å². The van der Waals surface area contributed by atoms with Gasteiger partial charge in [-0.2, -0.15) is 0 Å². The van der Waals surface area contributed by atoms with Gasteiger partial charge in [0, 0.05) is 22.3 Å². The van der Waals surface area contributed by atoms with E-state index in [4.69, 9.17) is 26.3 Å². The Morgan fingerprint density at radius 2 is 1.54 bits per heavy atom. The summed E-state index contributed by atoms with van der Waals surface area (Å²) in [5, 5.41) is 0.702. The number of hydrogen-bond acceptors (Lipinski definition) is 3. The van der Waals surface area contributed by atoms with E-state index in [9.17, 15) is 0 Å². The highest BCUT2D eigenvalue weighted by molar-refractivity contribution is 6.30. The van der Waals surface area contributed by atoms with Crippen molar-refractivity contribution < 1.29 is 4.74 Å². The number of para-hydroxylation sites is 2. The Balaban J connectivity index is 1.82. The summed E-state index contributed by atoms with van der Waals surface area (Å²) >= 11 is 6.06. The molecule has 0 aliphatic rings. The minimum absolute atomic E-state index is 0.702. The molecule has 5 rings (SSSR count). The number of fused-ring (bicyclic) bond motifs is 3. The van der Waals surface area contributed by atoms with E-state index in [0.717, 1.165) is 44.9 Å². The monoisotopic (exact) mass is 385 g/mol. The number of imidazole rings is 1. The Morgan fingerprint density at radius 1 is 0.821 bits per heavy atom. The molecule has 0 radical (unpaired) electrons. The maximum atomic E-state index is 6.06. The van der Waals surface area contributed by atoms with Gasteiger partial charge < -0.3 is 4.74 Å². The molecule has 3 aromatic carbocycles. The average Bonchev–Trinajstić information content (AvgIpc) is 3.12. The van der Waals surface area contributed by atoms with Crippen LogP contribution >= 0.6 is 11.6 Å². The van der Waals surface area contributed by atoms with Crippen molar-refractivity contribution >= 4 is 28.3 Å². The van der Waals surface area contributed by atoms with Crippen LogP contribution in [0.1, 0.15) is 0 Å². The number of ether oxygens (including phenoxy) is 1. The van der Waals surface area contributed by atoms with Crippen LogP contribution in [-0.4, -0.2) is 21.5 Å². The number of methoxy groups -OCH3 is 1. The molecule has 0 N–H and O–H groups in total. The third-order valence-electron chi connectivity index (χ3n) is 4.79. The fraction of sp³-hybridized carbons (Fsp3) is 0.0435. The van der Waals surface area contributed by atoms with E-state index in [1.807, 2.05) is 72.9 Å². The van der Waals surface area contributed by atoms with Gasteiger partial charge in [0.15, 0.2) is 5.65 Å². The number of aromatic nitrogens is 3. The van der Waals surface area contributed by atoms with E-state index in [1.54, 1.807) is 7.11 Å². The highest BCUT2D eigenvalue weighted by Gasteiger charge is 2.14. The molecule has 2 aromatic heterocycles. The summed E-state index contributed by atoms with van der Waals surface area (Å²) in [6, 6.07) is 23.7. The first kappa shape index (κ1) is 16.8. The van der Waals surface area contributed by atoms with E-state index >= 15 is 0 Å². The lowest BCUT2D eigenvalue weighted by Crippen LogP contribution is -1.96. The maximum absolute atomic E-state index is 6.06. The molecular formula is C23H16ClN3O. The van der Waals surface area contributed by atoms with Gasteiger partial charge in [-0.25, -0.2) is 9.97 Å². The number of hydrogen-bond donors (Lipinski definition) is 0. The zero-order chi connectivity index (χ0) is 19.1. The summed E-state index contributed by atoms with van der Waals surface area (Å²) < 4.78 is 7.39. The fourth-order valence-corrected chi connectivity index (χ4v) is 3.49. The van der Waals surface area contributed by atoms with Gasteiger partial charge >= 0.3 is 0 Å². The standard InChI is InChI=1S/C23H16ClN3O/c1-28-18-12-8-16(9-13-18)22-23-26-19-4-2-3-5-21(19)27(23)14-20(25-22)15-6-10-17(24)11-7-15/h2-14H,1H3. The highest BCUT2D eigenvalue weighted by atomic mass is 35.5. The normalized spacial score (nSPS) is 11.2. The first-order valence-corrected chi connectivity index (χ1v) is 9.29. The van der Waals surface area contributed by atoms with Gasteiger partial charge in [0.05, 0.1) is 23.8 Å². The Bertz CT molecular complexity index is 1290. The largest absolute Gasteiger partial charge is 0.497 e. The summed E-state index contributed by atoms with van der Waals surface area (Å²) in [5.74, 6) is 0.808. The van der Waals surface area contributed by atoms with Crippen LogP contribution in [0.25, 0.3) is 39.2 Å². The molecule has 2 heterocycles. The molecule has 0 saturated carbocycles. The minimum Gasteiger partial charge on any atom is -0.497 e. The molecule has 0 fully saturated rings. The van der Waals surface area contributed by atoms with Crippen LogP contribution < -0.4 is 4.74 Å². The zero-order valence-electron chi connectivity index (χ0n) is 15.1. The lowest BCUT2D eigenvalue weighted by molar-refractivity contribution is 0.415. The molecule has 0 unspecified atom stereocenters. The fourth-order valence-electron chi connectivity index (χ4n) is 3.37. The van der Waals surface area contributed by atoms with Crippen LogP contribution in [-0.2, 0) is 0 Å². The Labute approximate surface area is 167 Å². The first-order valence-electron chi connectivity index (χ1n) is 8.91. The predicted octanol–water partition coefficient (Wildman–Crippen LogP) is 5.88. The quantitative estimate of drug-likeness (QED) is 0.389. The lowest BCUT2D eigenvalue weighted by atomic mass is 10.1. The molecule has 0 bridgehead atoms. The zero-order valence-corrected chi connectivity index (χ0v) is 15.9. The van der Waals surface area contributed by atoms with Crippen LogP contribution in [0.5, 0.6) is 5.75 Å². The van der Waals surface area contributed by atoms with Crippen molar-refractivity contribution in [3.63, 3.8) is 0 Å². The summed E-state index contributed by atoms with van der Waals surface area (Å²) in [4.78, 5) is 9.79. The van der Waals surface area contributed by atoms with Crippen LogP contribution in [0, 0.1) is 0 Å². The van der Waals surface area contributed by atoms with Gasteiger partial charge in [-0.1, -0.05) is 35.9 Å². The molecule has 5 aromatic rings. The molecule has 0 amide bonds. The van der Waals surface area contributed by atoms with Crippen molar-refractivity contribution in [1.29, 1.82) is 0 Å². The van der Waals surface area contributed by atoms with Crippen molar-refractivity contribution in [2.24, 2.45) is 0 Å². The third-order valence-corrected chi connectivity index (χ3v) is 5.05. The van der Waals surface area contributed by atoms with Crippen LogP contribution in [0.2, 0.25) is 5.02 Å². The average molecular weight is 386 g/mol. The topological polar surface area (TPSA) is 39.4 Å². The molecule has 28 heavy (non-hydrogen) atoms. The summed E-state index contributed by atoms with van der Waals surface area (Å²) in [5.41, 5.74) is 6.47. The third kappa shape index (κ3) is 2.79. The Hall–Kier alpha value is -3.37. The second-order valence-corrected chi connectivity index (χ2v) is 6.94. The number of nitrogens with zero attached hydrogens (tertiary/aromatic N) is 3. The second-order valence-electron chi connectivity index (χ2n) is 6.50. The summed E-state index contributed by atoms with van der Waals surface area (Å²) in [7, 11) is 1.66. The molecule has 0 saturated heterocycles. The smallest absolute Gasteiger partial charge is 0.164 e. The molecule has 5 heteroatoms. The minimum atomic E-state index is 0.702. The second kappa shape index (κ2) is 6.66. The SMILES string of the molecule is COc1ccc(-c2nc(-c3ccc(Cl)cc3)cn3c2nc2ccccc23)cc1. The molecule has 0 atom stereocenters. The maximum Gasteiger partial charge on any atom is 0.164 e. The van der Waals surface area contributed by atoms with Crippen molar-refractivity contribution in [1.82, 2.24) is 14.4 Å². The van der Waals surface area contributed by atoms with Crippen LogP contribution in [0.3, 0.4) is 0 Å². The van der Waals surface area contributed by atoms with Gasteiger partial charge in [0.25, 0.3) is 0 Å². The van der Waals surface area contributed by atoms with Crippen molar-refractivity contribution in [3.8, 4) is 28.3 Å². The van der Waals surface area contributed by atoms with E-state index in [2.05, 4.69) is 10.5 Å². The summed E-state index contributed by atoms with van der Waals surface area (Å²) in [6.07, 6.45) is 2.03. The van der Waals surface area contributed by atoms with Crippen molar-refractivity contribution in [2.75, 3.05) is 7.11 Å². The predicted molar refractivity (Wildman–Crippen MR) is 113 cm³/mol. The lowest BCUT2D eigenvalue weighted by Gasteiger charge is -2.09. The van der Waals surface area contributed by atoms with Gasteiger partial charge in [0.1, 0.15) is 11.4 Å². The molecule has 136 valence electrons. The highest BCUT2D eigenvalue weighted by Crippen LogP contribution is 2.30. The van der Waals surface area contributed by atoms with Crippen molar-refractivity contribution in [2.45, 2.75) is 0 Å². The molecule has 4 nitrogen and oxygen atoms in total. The summed E-state index contributed by atoms with van der Waals surface area (Å²) in [6.45, 7) is 0. The number of halogens is 1. The number of rotatable bonds is 3. The van der Waals surface area contributed by atoms with Crippen molar-refractivity contribution in [3.05, 3.63) is 84.0 Å². The van der Waals surface area contributed by atoms with Crippen LogP contribution in [0.15, 0.2) is 79.0 Å². The first-order chi connectivity index (χ1) is 13.7. The van der Waals surface area contributed by atoms with Gasteiger partial charge in [-0.15, -0.1) is 0 Å². The Kier molecular flexibility index (Phi) is 3.99. The van der Waals surface area contributed by atoms with Crippen LogP contribution in [0.4, 0.5) is 0 Å². The molecule has 0 aliphatic heterocycles. The number of benzene rings is 3. The molecule has 0 aliphatic carbocycles. The molecular weight excluding hydrogens is 370 g/mol.